The number of carboxylic acids is 1. The summed E-state index contributed by atoms with van der Waals surface area (Å²) in [4.78, 5) is 20.0. The molecule has 1 aromatic heterocycles. The van der Waals surface area contributed by atoms with E-state index < -0.39 is 5.97 Å². The van der Waals surface area contributed by atoms with Gasteiger partial charge in [-0.15, -0.1) is 11.8 Å². The third kappa shape index (κ3) is 2.83. The number of carboxylic acid groups (broad SMARTS) is 1. The molecule has 0 amide bonds. The summed E-state index contributed by atoms with van der Waals surface area (Å²) in [6.07, 6.45) is 5.54. The van der Waals surface area contributed by atoms with Crippen molar-refractivity contribution in [3.63, 3.8) is 0 Å². The van der Waals surface area contributed by atoms with Crippen LogP contribution < -0.4 is 0 Å². The topological polar surface area (TPSA) is 63.1 Å². The number of thioether (sulfide) groups is 1. The molecule has 5 heteroatoms. The number of hydrogen-bond acceptors (Lipinski definition) is 4. The Balaban J connectivity index is 2.34. The number of nitrogens with zero attached hydrogens (tertiary/aromatic N) is 2. The van der Waals surface area contributed by atoms with E-state index in [9.17, 15) is 9.90 Å². The zero-order valence-corrected chi connectivity index (χ0v) is 11.6. The van der Waals surface area contributed by atoms with Crippen LogP contribution in [0.25, 0.3) is 0 Å². The Kier molecular flexibility index (Phi) is 4.22. The summed E-state index contributed by atoms with van der Waals surface area (Å²) in [7, 11) is 0. The monoisotopic (exact) mass is 266 g/mol. The molecular weight excluding hydrogens is 248 g/mol. The summed E-state index contributed by atoms with van der Waals surface area (Å²) in [5.74, 6) is -0.186. The zero-order chi connectivity index (χ0) is 13.1. The van der Waals surface area contributed by atoms with Crippen molar-refractivity contribution < 1.29 is 9.90 Å². The molecule has 0 unspecified atom stereocenters. The van der Waals surface area contributed by atoms with E-state index in [1.54, 1.807) is 18.7 Å². The minimum atomic E-state index is -0.921. The Labute approximate surface area is 111 Å². The average Bonchev–Trinajstić information content (AvgIpc) is 2.80. The maximum atomic E-state index is 11.3. The van der Waals surface area contributed by atoms with Gasteiger partial charge in [0.25, 0.3) is 0 Å². The molecule has 4 nitrogen and oxygen atoms in total. The van der Waals surface area contributed by atoms with Crippen molar-refractivity contribution in [2.24, 2.45) is 0 Å². The highest BCUT2D eigenvalue weighted by Gasteiger charge is 2.23. The van der Waals surface area contributed by atoms with Gasteiger partial charge in [0.2, 0.25) is 0 Å². The van der Waals surface area contributed by atoms with Crippen LogP contribution >= 0.6 is 11.8 Å². The molecule has 0 aromatic carbocycles. The van der Waals surface area contributed by atoms with E-state index >= 15 is 0 Å². The van der Waals surface area contributed by atoms with Crippen molar-refractivity contribution >= 4 is 17.7 Å². The molecule has 2 rings (SSSR count). The van der Waals surface area contributed by atoms with Gasteiger partial charge in [0, 0.05) is 11.7 Å². The molecule has 0 aliphatic heterocycles. The normalized spacial score (nSPS) is 16.1. The number of carbonyl (C=O) groups is 1. The fraction of sp³-hybridized carbons (Fsp3) is 0.615. The van der Waals surface area contributed by atoms with E-state index in [4.69, 9.17) is 0 Å². The molecule has 1 saturated carbocycles. The van der Waals surface area contributed by atoms with E-state index in [1.165, 1.54) is 12.8 Å². The number of aromatic carboxylic acids is 1. The maximum absolute atomic E-state index is 11.3. The highest BCUT2D eigenvalue weighted by molar-refractivity contribution is 7.99. The number of rotatable bonds is 4. The van der Waals surface area contributed by atoms with Gasteiger partial charge in [-0.3, -0.25) is 0 Å². The number of hydrogen-bond donors (Lipinski definition) is 1. The first-order valence-electron chi connectivity index (χ1n) is 6.39. The van der Waals surface area contributed by atoms with Crippen molar-refractivity contribution in [2.45, 2.75) is 56.2 Å². The summed E-state index contributed by atoms with van der Waals surface area (Å²) in [5.41, 5.74) is 0.860. The minimum absolute atomic E-state index is 0.282. The molecule has 1 N–H and O–H groups in total. The Morgan fingerprint density at radius 3 is 2.61 bits per heavy atom. The highest BCUT2D eigenvalue weighted by atomic mass is 32.2. The molecule has 98 valence electrons. The molecule has 0 saturated heterocycles. The van der Waals surface area contributed by atoms with E-state index in [-0.39, 0.29) is 5.56 Å². The van der Waals surface area contributed by atoms with Crippen LogP contribution in [0.3, 0.4) is 0 Å². The molecule has 1 heterocycles. The molecule has 1 aliphatic rings. The van der Waals surface area contributed by atoms with Crippen molar-refractivity contribution in [3.05, 3.63) is 17.1 Å². The fourth-order valence-electron chi connectivity index (χ4n) is 2.26. The quantitative estimate of drug-likeness (QED) is 0.848. The zero-order valence-electron chi connectivity index (χ0n) is 10.8. The fourth-order valence-corrected chi connectivity index (χ4v) is 3.65. The lowest BCUT2D eigenvalue weighted by Gasteiger charge is -2.12. The standard InChI is InChI=1S/C13H18N2O2S/c1-3-10-14-8(2)11(13(16)17)12(15-10)18-9-6-4-5-7-9/h9H,3-7H2,1-2H3,(H,16,17). The SMILES string of the molecule is CCc1nc(C)c(C(=O)O)c(SC2CCCC2)n1. The van der Waals surface area contributed by atoms with Gasteiger partial charge in [-0.2, -0.15) is 0 Å². The van der Waals surface area contributed by atoms with Gasteiger partial charge in [0.1, 0.15) is 16.4 Å². The van der Waals surface area contributed by atoms with Gasteiger partial charge in [-0.05, 0) is 19.8 Å². The minimum Gasteiger partial charge on any atom is -0.478 e. The number of aromatic nitrogens is 2. The predicted molar refractivity (Wildman–Crippen MR) is 71.2 cm³/mol. The molecule has 0 radical (unpaired) electrons. The smallest absolute Gasteiger partial charge is 0.340 e. The van der Waals surface area contributed by atoms with Gasteiger partial charge in [0.05, 0.1) is 5.69 Å². The van der Waals surface area contributed by atoms with E-state index in [1.807, 2.05) is 6.92 Å². The van der Waals surface area contributed by atoms with Crippen LogP contribution in [0.1, 0.15) is 54.5 Å². The average molecular weight is 266 g/mol. The Morgan fingerprint density at radius 1 is 1.39 bits per heavy atom. The largest absolute Gasteiger partial charge is 0.478 e. The van der Waals surface area contributed by atoms with Crippen LogP contribution in [0.4, 0.5) is 0 Å². The van der Waals surface area contributed by atoms with Crippen LogP contribution in [-0.4, -0.2) is 26.3 Å². The Morgan fingerprint density at radius 2 is 2.06 bits per heavy atom. The molecule has 1 aromatic rings. The van der Waals surface area contributed by atoms with Crippen molar-refractivity contribution in [1.82, 2.24) is 9.97 Å². The van der Waals surface area contributed by atoms with E-state index in [0.29, 0.717) is 16.0 Å². The second-order valence-corrected chi connectivity index (χ2v) is 5.88. The first-order chi connectivity index (χ1) is 8.61. The van der Waals surface area contributed by atoms with Gasteiger partial charge < -0.3 is 5.11 Å². The lowest BCUT2D eigenvalue weighted by Crippen LogP contribution is -2.10. The summed E-state index contributed by atoms with van der Waals surface area (Å²) in [6.45, 7) is 3.74. The first kappa shape index (κ1) is 13.3. The molecule has 18 heavy (non-hydrogen) atoms. The summed E-state index contributed by atoms with van der Waals surface area (Å²) in [6, 6.07) is 0. The molecule has 0 bridgehead atoms. The second-order valence-electron chi connectivity index (χ2n) is 4.59. The van der Waals surface area contributed by atoms with Gasteiger partial charge in [0.15, 0.2) is 0 Å². The predicted octanol–water partition coefficient (Wildman–Crippen LogP) is 3.08. The summed E-state index contributed by atoms with van der Waals surface area (Å²) < 4.78 is 0. The van der Waals surface area contributed by atoms with Crippen LogP contribution in [0.15, 0.2) is 5.03 Å². The molecular formula is C13H18N2O2S. The van der Waals surface area contributed by atoms with Gasteiger partial charge in [-0.1, -0.05) is 19.8 Å². The van der Waals surface area contributed by atoms with Crippen LogP contribution in [0, 0.1) is 6.92 Å². The van der Waals surface area contributed by atoms with Crippen molar-refractivity contribution in [3.8, 4) is 0 Å². The molecule has 0 atom stereocenters. The lowest BCUT2D eigenvalue weighted by molar-refractivity contribution is 0.0690. The van der Waals surface area contributed by atoms with Crippen molar-refractivity contribution in [2.75, 3.05) is 0 Å². The van der Waals surface area contributed by atoms with Crippen LogP contribution in [0.5, 0.6) is 0 Å². The first-order valence-corrected chi connectivity index (χ1v) is 7.27. The Bertz CT molecular complexity index is 457. The van der Waals surface area contributed by atoms with Crippen LogP contribution in [0.2, 0.25) is 0 Å². The lowest BCUT2D eigenvalue weighted by atomic mass is 10.2. The highest BCUT2D eigenvalue weighted by Crippen LogP contribution is 2.35. The van der Waals surface area contributed by atoms with E-state index in [0.717, 1.165) is 25.1 Å². The maximum Gasteiger partial charge on any atom is 0.340 e. The molecule has 0 spiro atoms. The van der Waals surface area contributed by atoms with E-state index in [2.05, 4.69) is 9.97 Å². The van der Waals surface area contributed by atoms with Crippen molar-refractivity contribution in [1.29, 1.82) is 0 Å². The third-order valence-electron chi connectivity index (χ3n) is 3.21. The molecule has 1 fully saturated rings. The van der Waals surface area contributed by atoms with Gasteiger partial charge in [-0.25, -0.2) is 14.8 Å². The number of aryl methyl sites for hydroxylation is 2. The summed E-state index contributed by atoms with van der Waals surface area (Å²) in [5, 5.41) is 10.5. The summed E-state index contributed by atoms with van der Waals surface area (Å²) >= 11 is 1.62. The third-order valence-corrected chi connectivity index (χ3v) is 4.54. The molecule has 1 aliphatic carbocycles. The second kappa shape index (κ2) is 5.69. The van der Waals surface area contributed by atoms with Gasteiger partial charge >= 0.3 is 5.97 Å². The van der Waals surface area contributed by atoms with Crippen LogP contribution in [-0.2, 0) is 6.42 Å². The Hall–Kier alpha value is -1.10.